The number of halogens is 3. The highest BCUT2D eigenvalue weighted by Gasteiger charge is 2.21. The van der Waals surface area contributed by atoms with Crippen LogP contribution in [0.25, 0.3) is 11.0 Å². The Morgan fingerprint density at radius 3 is 2.83 bits per heavy atom. The van der Waals surface area contributed by atoms with E-state index in [4.69, 9.17) is 26.8 Å². The van der Waals surface area contributed by atoms with E-state index in [1.165, 1.54) is 19.2 Å². The van der Waals surface area contributed by atoms with Gasteiger partial charge in [-0.25, -0.2) is 4.98 Å². The monoisotopic (exact) mass is 458 g/mol. The van der Waals surface area contributed by atoms with Gasteiger partial charge in [0.15, 0.2) is 0 Å². The number of imidazole rings is 1. The third-order valence-corrected chi connectivity index (χ3v) is 4.88. The number of carbonyl (C=O) groups excluding carboxylic acids is 1. The number of aromatic nitrogens is 2. The fraction of sp³-hybridized carbons (Fsp3) is 0.263. The molecule has 4 rings (SSSR count). The van der Waals surface area contributed by atoms with Gasteiger partial charge in [0.2, 0.25) is 0 Å². The molecule has 156 valence electrons. The second-order valence-electron chi connectivity index (χ2n) is 6.38. The van der Waals surface area contributed by atoms with Crippen LogP contribution >= 0.6 is 36.4 Å². The van der Waals surface area contributed by atoms with Crippen LogP contribution in [0.3, 0.4) is 0 Å². The van der Waals surface area contributed by atoms with Crippen LogP contribution in [-0.2, 0) is 4.74 Å². The summed E-state index contributed by atoms with van der Waals surface area (Å²) in [6.07, 6.45) is 2.01. The number of ether oxygens (including phenoxy) is 2. The molecule has 1 amide bonds. The first-order chi connectivity index (χ1) is 13.0. The summed E-state index contributed by atoms with van der Waals surface area (Å²) in [5.74, 6) is 0.836. The number of hydrogen-bond acceptors (Lipinski definition) is 5. The number of benzene rings is 2. The van der Waals surface area contributed by atoms with Gasteiger partial charge in [0, 0.05) is 18.4 Å². The Morgan fingerprint density at radius 1 is 1.34 bits per heavy atom. The quantitative estimate of drug-likeness (QED) is 0.488. The first-order valence-corrected chi connectivity index (χ1v) is 8.98. The van der Waals surface area contributed by atoms with Crippen molar-refractivity contribution in [3.63, 3.8) is 0 Å². The third-order valence-electron chi connectivity index (χ3n) is 4.56. The Labute approximate surface area is 185 Å². The van der Waals surface area contributed by atoms with Crippen LogP contribution < -0.4 is 15.8 Å². The number of amides is 1. The van der Waals surface area contributed by atoms with Gasteiger partial charge in [0.25, 0.3) is 5.91 Å². The van der Waals surface area contributed by atoms with Crippen molar-refractivity contribution in [3.05, 3.63) is 46.7 Å². The summed E-state index contributed by atoms with van der Waals surface area (Å²) in [6.45, 7) is 0.759. The number of anilines is 2. The van der Waals surface area contributed by atoms with E-state index in [1.54, 1.807) is 6.07 Å². The van der Waals surface area contributed by atoms with Crippen molar-refractivity contribution in [2.75, 3.05) is 24.8 Å². The van der Waals surface area contributed by atoms with E-state index in [0.29, 0.717) is 27.7 Å². The lowest BCUT2D eigenvalue weighted by Crippen LogP contribution is -2.13. The van der Waals surface area contributed by atoms with Crippen molar-refractivity contribution in [3.8, 4) is 5.75 Å². The standard InChI is InChI=1S/C19H19ClN4O3.2ClH/c1-26-17-9-13(21)12(20)8-11(17)19(25)22-10-4-5-14-15(7-10)24-18(23-14)16-3-2-6-27-16;;/h4-5,7-9,16H,2-3,6,21H2,1H3,(H,22,25)(H,23,24);2*1H. The lowest BCUT2D eigenvalue weighted by Gasteiger charge is -2.11. The van der Waals surface area contributed by atoms with Gasteiger partial charge in [-0.2, -0.15) is 0 Å². The molecule has 0 saturated carbocycles. The van der Waals surface area contributed by atoms with E-state index in [9.17, 15) is 4.79 Å². The van der Waals surface area contributed by atoms with Crippen LogP contribution in [0.4, 0.5) is 11.4 Å². The number of nitrogens with zero attached hydrogens (tertiary/aromatic N) is 1. The number of carbonyl (C=O) groups is 1. The van der Waals surface area contributed by atoms with Crippen LogP contribution in [0.2, 0.25) is 5.02 Å². The molecule has 1 atom stereocenters. The van der Waals surface area contributed by atoms with E-state index in [1.807, 2.05) is 12.1 Å². The van der Waals surface area contributed by atoms with E-state index < -0.39 is 0 Å². The van der Waals surface area contributed by atoms with Gasteiger partial charge in [-0.05, 0) is 37.1 Å². The summed E-state index contributed by atoms with van der Waals surface area (Å²) in [7, 11) is 1.47. The second kappa shape index (κ2) is 9.54. The molecule has 1 unspecified atom stereocenters. The Bertz CT molecular complexity index is 1020. The molecule has 0 spiro atoms. The van der Waals surface area contributed by atoms with Crippen LogP contribution in [0, 0.1) is 0 Å². The van der Waals surface area contributed by atoms with E-state index in [2.05, 4.69) is 15.3 Å². The van der Waals surface area contributed by atoms with E-state index in [0.717, 1.165) is 36.3 Å². The largest absolute Gasteiger partial charge is 0.496 e. The lowest BCUT2D eigenvalue weighted by atomic mass is 10.1. The maximum atomic E-state index is 12.7. The van der Waals surface area contributed by atoms with Crippen molar-refractivity contribution in [2.45, 2.75) is 18.9 Å². The number of nitrogens with one attached hydrogen (secondary N) is 2. The minimum Gasteiger partial charge on any atom is -0.496 e. The zero-order valence-electron chi connectivity index (χ0n) is 15.5. The molecule has 10 heteroatoms. The topological polar surface area (TPSA) is 102 Å². The first-order valence-electron chi connectivity index (χ1n) is 8.61. The number of hydrogen-bond donors (Lipinski definition) is 3. The molecular formula is C19H21Cl3N4O3. The van der Waals surface area contributed by atoms with Crippen molar-refractivity contribution in [1.82, 2.24) is 9.97 Å². The highest BCUT2D eigenvalue weighted by atomic mass is 35.5. The van der Waals surface area contributed by atoms with Gasteiger partial charge >= 0.3 is 0 Å². The molecule has 0 bridgehead atoms. The van der Waals surface area contributed by atoms with Gasteiger partial charge in [-0.3, -0.25) is 4.79 Å². The van der Waals surface area contributed by atoms with Gasteiger partial charge in [-0.1, -0.05) is 11.6 Å². The summed E-state index contributed by atoms with van der Waals surface area (Å²) in [5.41, 5.74) is 8.72. The van der Waals surface area contributed by atoms with Crippen molar-refractivity contribution < 1.29 is 14.3 Å². The molecule has 0 radical (unpaired) electrons. The number of nitrogen functional groups attached to an aromatic ring is 1. The molecule has 29 heavy (non-hydrogen) atoms. The molecule has 3 aromatic rings. The number of fused-ring (bicyclic) bond motifs is 1. The average molecular weight is 460 g/mol. The molecule has 1 saturated heterocycles. The summed E-state index contributed by atoms with van der Waals surface area (Å²) >= 11 is 6.05. The molecule has 7 nitrogen and oxygen atoms in total. The van der Waals surface area contributed by atoms with Crippen molar-refractivity contribution in [2.24, 2.45) is 0 Å². The number of aromatic amines is 1. The van der Waals surface area contributed by atoms with Crippen molar-refractivity contribution in [1.29, 1.82) is 0 Å². The Kier molecular flexibility index (Phi) is 7.60. The summed E-state index contributed by atoms with van der Waals surface area (Å²) in [6, 6.07) is 8.52. The zero-order valence-corrected chi connectivity index (χ0v) is 17.9. The molecule has 2 aromatic carbocycles. The SMILES string of the molecule is COc1cc(N)c(Cl)cc1C(=O)Nc1ccc2nc(C3CCCO3)[nH]c2c1.Cl.Cl. The molecule has 2 heterocycles. The number of H-pyrrole nitrogens is 1. The maximum absolute atomic E-state index is 12.7. The molecule has 1 aliphatic heterocycles. The molecule has 1 fully saturated rings. The van der Waals surface area contributed by atoms with Gasteiger partial charge in [-0.15, -0.1) is 24.8 Å². The fourth-order valence-corrected chi connectivity index (χ4v) is 3.33. The van der Waals surface area contributed by atoms with Crippen LogP contribution in [0.15, 0.2) is 30.3 Å². The molecule has 1 aliphatic rings. The predicted molar refractivity (Wildman–Crippen MR) is 119 cm³/mol. The summed E-state index contributed by atoms with van der Waals surface area (Å²) in [4.78, 5) is 20.5. The Hall–Kier alpha value is -2.19. The lowest BCUT2D eigenvalue weighted by molar-refractivity contribution is 0.102. The number of nitrogens with two attached hydrogens (primary N) is 1. The molecule has 4 N–H and O–H groups in total. The minimum atomic E-state index is -0.341. The molecule has 0 aliphatic carbocycles. The first kappa shape index (κ1) is 23.1. The molecule has 1 aromatic heterocycles. The average Bonchev–Trinajstić information content (AvgIpc) is 3.32. The van der Waals surface area contributed by atoms with Crippen LogP contribution in [-0.4, -0.2) is 29.6 Å². The molecular weight excluding hydrogens is 439 g/mol. The van der Waals surface area contributed by atoms with Gasteiger partial charge < -0.3 is 25.5 Å². The number of methoxy groups -OCH3 is 1. The normalized spacial score (nSPS) is 15.4. The van der Waals surface area contributed by atoms with Gasteiger partial charge in [0.05, 0.1) is 34.4 Å². The Morgan fingerprint density at radius 2 is 2.14 bits per heavy atom. The highest BCUT2D eigenvalue weighted by Crippen LogP contribution is 2.31. The van der Waals surface area contributed by atoms with Gasteiger partial charge in [0.1, 0.15) is 17.7 Å². The fourth-order valence-electron chi connectivity index (χ4n) is 3.17. The van der Waals surface area contributed by atoms with Crippen LogP contribution in [0.1, 0.15) is 35.1 Å². The third kappa shape index (κ3) is 4.70. The summed E-state index contributed by atoms with van der Waals surface area (Å²) < 4.78 is 10.9. The maximum Gasteiger partial charge on any atom is 0.259 e. The number of rotatable bonds is 4. The zero-order chi connectivity index (χ0) is 19.0. The minimum absolute atomic E-state index is 0. The second-order valence-corrected chi connectivity index (χ2v) is 6.79. The predicted octanol–water partition coefficient (Wildman–Crippen LogP) is 4.75. The smallest absolute Gasteiger partial charge is 0.259 e. The van der Waals surface area contributed by atoms with E-state index >= 15 is 0 Å². The summed E-state index contributed by atoms with van der Waals surface area (Å²) in [5, 5.41) is 3.15. The highest BCUT2D eigenvalue weighted by molar-refractivity contribution is 6.33. The van der Waals surface area contributed by atoms with E-state index in [-0.39, 0.29) is 36.8 Å². The van der Waals surface area contributed by atoms with Crippen LogP contribution in [0.5, 0.6) is 5.75 Å². The Balaban J connectivity index is 0.00000150. The van der Waals surface area contributed by atoms with Crippen molar-refractivity contribution >= 4 is 64.7 Å².